The molecule has 30 heavy (non-hydrogen) atoms. The molecule has 1 unspecified atom stereocenters. The number of sulfonamides is 1. The van der Waals surface area contributed by atoms with E-state index >= 15 is 0 Å². The number of hydrogen-bond acceptors (Lipinski definition) is 5. The fourth-order valence-electron chi connectivity index (χ4n) is 3.04. The molecule has 3 rings (SSSR count). The molecule has 2 N–H and O–H groups in total. The third-order valence-corrected chi connectivity index (χ3v) is 6.43. The van der Waals surface area contributed by atoms with Crippen LogP contribution in [0.4, 0.5) is 5.69 Å². The molecule has 0 spiro atoms. The number of hydrogen-bond donors (Lipinski definition) is 2. The lowest BCUT2D eigenvalue weighted by Crippen LogP contribution is -2.31. The minimum atomic E-state index is -3.64. The first kappa shape index (κ1) is 22.7. The normalized spacial score (nSPS) is 16.6. The summed E-state index contributed by atoms with van der Waals surface area (Å²) in [4.78, 5) is 12.9. The predicted octanol–water partition coefficient (Wildman–Crippen LogP) is 3.95. The molecule has 0 saturated carbocycles. The van der Waals surface area contributed by atoms with Gasteiger partial charge in [-0.2, -0.15) is 0 Å². The quantitative estimate of drug-likeness (QED) is 0.576. The highest BCUT2D eigenvalue weighted by molar-refractivity contribution is 9.10. The molecule has 0 radical (unpaired) electrons. The standard InChI is InChI=1S/C21H25BrN2O5S/c1-14(2)29-20-10-5-15(22)12-19(20)21(25)24-16-6-8-18(9-7-16)30(26,27)23-13-17-4-3-11-28-17/h5-10,12,14,17,23H,3-4,11,13H2,1-2H3,(H,24,25). The van der Waals surface area contributed by atoms with Crippen LogP contribution >= 0.6 is 15.9 Å². The minimum absolute atomic E-state index is 0.0780. The molecule has 1 atom stereocenters. The Morgan fingerprint density at radius 3 is 2.60 bits per heavy atom. The maximum Gasteiger partial charge on any atom is 0.259 e. The zero-order valence-electron chi connectivity index (χ0n) is 16.9. The van der Waals surface area contributed by atoms with Crippen LogP contribution in [0.3, 0.4) is 0 Å². The summed E-state index contributed by atoms with van der Waals surface area (Å²) >= 11 is 3.37. The second-order valence-corrected chi connectivity index (χ2v) is 9.96. The predicted molar refractivity (Wildman–Crippen MR) is 118 cm³/mol. The van der Waals surface area contributed by atoms with Crippen LogP contribution < -0.4 is 14.8 Å². The lowest BCUT2D eigenvalue weighted by Gasteiger charge is -2.15. The number of ether oxygens (including phenoxy) is 2. The van der Waals surface area contributed by atoms with E-state index in [1.165, 1.54) is 12.1 Å². The molecule has 0 bridgehead atoms. The van der Waals surface area contributed by atoms with E-state index in [2.05, 4.69) is 26.0 Å². The first-order valence-electron chi connectivity index (χ1n) is 9.73. The Bertz CT molecular complexity index is 987. The second-order valence-electron chi connectivity index (χ2n) is 7.27. The Morgan fingerprint density at radius 2 is 1.97 bits per heavy atom. The Kier molecular flexibility index (Phi) is 7.51. The summed E-state index contributed by atoms with van der Waals surface area (Å²) in [6, 6.07) is 11.2. The van der Waals surface area contributed by atoms with Gasteiger partial charge in [-0.05, 0) is 69.2 Å². The van der Waals surface area contributed by atoms with Gasteiger partial charge in [-0.15, -0.1) is 0 Å². The van der Waals surface area contributed by atoms with Crippen molar-refractivity contribution < 1.29 is 22.7 Å². The van der Waals surface area contributed by atoms with Crippen molar-refractivity contribution in [3.8, 4) is 5.75 Å². The van der Waals surface area contributed by atoms with E-state index in [9.17, 15) is 13.2 Å². The number of benzene rings is 2. The van der Waals surface area contributed by atoms with E-state index in [4.69, 9.17) is 9.47 Å². The number of nitrogens with one attached hydrogen (secondary N) is 2. The third-order valence-electron chi connectivity index (χ3n) is 4.50. The average molecular weight is 497 g/mol. The maximum atomic E-state index is 12.7. The Hall–Kier alpha value is -1.94. The largest absolute Gasteiger partial charge is 0.490 e. The molecule has 2 aromatic rings. The van der Waals surface area contributed by atoms with Crippen LogP contribution in [0.15, 0.2) is 51.8 Å². The summed E-state index contributed by atoms with van der Waals surface area (Å²) in [6.45, 7) is 4.69. The molecule has 7 nitrogen and oxygen atoms in total. The smallest absolute Gasteiger partial charge is 0.259 e. The molecular weight excluding hydrogens is 472 g/mol. The summed E-state index contributed by atoms with van der Waals surface area (Å²) in [7, 11) is -3.64. The number of rotatable bonds is 8. The van der Waals surface area contributed by atoms with Crippen LogP contribution in [-0.2, 0) is 14.8 Å². The SMILES string of the molecule is CC(C)Oc1ccc(Br)cc1C(=O)Nc1ccc(S(=O)(=O)NCC2CCCO2)cc1. The lowest BCUT2D eigenvalue weighted by molar-refractivity contribution is 0.102. The monoisotopic (exact) mass is 496 g/mol. The Balaban J connectivity index is 1.68. The highest BCUT2D eigenvalue weighted by Gasteiger charge is 2.20. The van der Waals surface area contributed by atoms with Crippen molar-refractivity contribution in [3.63, 3.8) is 0 Å². The van der Waals surface area contributed by atoms with Gasteiger partial charge < -0.3 is 14.8 Å². The molecule has 1 fully saturated rings. The average Bonchev–Trinajstić information content (AvgIpc) is 3.22. The molecule has 1 aliphatic heterocycles. The van der Waals surface area contributed by atoms with E-state index in [1.54, 1.807) is 30.3 Å². The fourth-order valence-corrected chi connectivity index (χ4v) is 4.47. The lowest BCUT2D eigenvalue weighted by atomic mass is 10.1. The molecule has 1 aliphatic rings. The zero-order valence-corrected chi connectivity index (χ0v) is 19.3. The second kappa shape index (κ2) is 9.91. The van der Waals surface area contributed by atoms with Crippen LogP contribution in [0.1, 0.15) is 37.0 Å². The first-order chi connectivity index (χ1) is 14.2. The van der Waals surface area contributed by atoms with Crippen molar-refractivity contribution in [1.82, 2.24) is 4.72 Å². The molecule has 162 valence electrons. The van der Waals surface area contributed by atoms with Gasteiger partial charge >= 0.3 is 0 Å². The van der Waals surface area contributed by atoms with Gasteiger partial charge in [0.05, 0.1) is 22.7 Å². The maximum absolute atomic E-state index is 12.7. The van der Waals surface area contributed by atoms with Gasteiger partial charge in [-0.3, -0.25) is 4.79 Å². The highest BCUT2D eigenvalue weighted by Crippen LogP contribution is 2.25. The van der Waals surface area contributed by atoms with E-state index in [1.807, 2.05) is 13.8 Å². The zero-order chi connectivity index (χ0) is 21.7. The van der Waals surface area contributed by atoms with Gasteiger partial charge in [0.25, 0.3) is 5.91 Å². The van der Waals surface area contributed by atoms with E-state index in [0.29, 0.717) is 23.6 Å². The van der Waals surface area contributed by atoms with Gasteiger partial charge in [0.2, 0.25) is 10.0 Å². The Morgan fingerprint density at radius 1 is 1.23 bits per heavy atom. The molecule has 1 amide bonds. The number of carbonyl (C=O) groups is 1. The van der Waals surface area contributed by atoms with Crippen LogP contribution in [-0.4, -0.2) is 39.7 Å². The molecular formula is C21H25BrN2O5S. The summed E-state index contributed by atoms with van der Waals surface area (Å²) < 4.78 is 39.4. The van der Waals surface area contributed by atoms with Gasteiger partial charge in [-0.25, -0.2) is 13.1 Å². The van der Waals surface area contributed by atoms with Crippen molar-refractivity contribution in [3.05, 3.63) is 52.5 Å². The van der Waals surface area contributed by atoms with Crippen molar-refractivity contribution in [2.45, 2.75) is 43.8 Å². The molecule has 1 saturated heterocycles. The van der Waals surface area contributed by atoms with E-state index < -0.39 is 10.0 Å². The van der Waals surface area contributed by atoms with Crippen molar-refractivity contribution in [1.29, 1.82) is 0 Å². The first-order valence-corrected chi connectivity index (χ1v) is 12.0. The van der Waals surface area contributed by atoms with Crippen molar-refractivity contribution >= 4 is 37.5 Å². The molecule has 1 heterocycles. The van der Waals surface area contributed by atoms with Crippen LogP contribution in [0.5, 0.6) is 5.75 Å². The van der Waals surface area contributed by atoms with E-state index in [0.717, 1.165) is 17.3 Å². The molecule has 9 heteroatoms. The van der Waals surface area contributed by atoms with Crippen molar-refractivity contribution in [2.75, 3.05) is 18.5 Å². The van der Waals surface area contributed by atoms with E-state index in [-0.39, 0.29) is 29.6 Å². The summed E-state index contributed by atoms with van der Waals surface area (Å²) in [5.74, 6) is 0.127. The minimum Gasteiger partial charge on any atom is -0.490 e. The van der Waals surface area contributed by atoms with Gasteiger partial charge in [0, 0.05) is 23.3 Å². The number of carbonyl (C=O) groups excluding carboxylic acids is 1. The van der Waals surface area contributed by atoms with Gasteiger partial charge in [0.15, 0.2) is 0 Å². The summed E-state index contributed by atoms with van der Waals surface area (Å²) in [6.07, 6.45) is 1.64. The molecule has 0 aromatic heterocycles. The number of anilines is 1. The summed E-state index contributed by atoms with van der Waals surface area (Å²) in [5.41, 5.74) is 0.863. The van der Waals surface area contributed by atoms with Crippen LogP contribution in [0.25, 0.3) is 0 Å². The molecule has 0 aliphatic carbocycles. The highest BCUT2D eigenvalue weighted by atomic mass is 79.9. The molecule has 2 aromatic carbocycles. The fraction of sp³-hybridized carbons (Fsp3) is 0.381. The van der Waals surface area contributed by atoms with Gasteiger partial charge in [-0.1, -0.05) is 15.9 Å². The number of halogens is 1. The van der Waals surface area contributed by atoms with Crippen molar-refractivity contribution in [2.24, 2.45) is 0 Å². The topological polar surface area (TPSA) is 93.7 Å². The number of amides is 1. The van der Waals surface area contributed by atoms with Gasteiger partial charge in [0.1, 0.15) is 5.75 Å². The van der Waals surface area contributed by atoms with Crippen LogP contribution in [0.2, 0.25) is 0 Å². The Labute approximate surface area is 185 Å². The third kappa shape index (κ3) is 6.04. The van der Waals surface area contributed by atoms with Crippen LogP contribution in [0, 0.1) is 0 Å². The summed E-state index contributed by atoms with van der Waals surface area (Å²) in [5, 5.41) is 2.78.